The first-order chi connectivity index (χ1) is 13.1. The van der Waals surface area contributed by atoms with E-state index in [9.17, 15) is 21.0 Å². The summed E-state index contributed by atoms with van der Waals surface area (Å²) in [4.78, 5) is 1.92. The van der Waals surface area contributed by atoms with Crippen LogP contribution < -0.4 is 4.90 Å². The standard InChI is InChI=1S/C22H15N5/c1-27(2)20-10-8-17(9-11-20)22(19(14-25)15-26)21(18(12-23)13-24)16-6-4-3-5-7-16/h3-11H,1-2H3. The van der Waals surface area contributed by atoms with Crippen LogP contribution in [0.2, 0.25) is 0 Å². The molecule has 0 heterocycles. The quantitative estimate of drug-likeness (QED) is 0.612. The second-order valence-electron chi connectivity index (χ2n) is 5.75. The van der Waals surface area contributed by atoms with Crippen LogP contribution in [0.4, 0.5) is 5.69 Å². The van der Waals surface area contributed by atoms with Gasteiger partial charge in [-0.2, -0.15) is 21.0 Å². The van der Waals surface area contributed by atoms with Crippen LogP contribution in [0.5, 0.6) is 0 Å². The number of allylic oxidation sites excluding steroid dienone is 4. The van der Waals surface area contributed by atoms with Gasteiger partial charge >= 0.3 is 0 Å². The molecule has 0 saturated carbocycles. The Bertz CT molecular complexity index is 1030. The van der Waals surface area contributed by atoms with Gasteiger partial charge in [-0.3, -0.25) is 0 Å². The summed E-state index contributed by atoms with van der Waals surface area (Å²) in [5.41, 5.74) is 2.35. The average Bonchev–Trinajstić information content (AvgIpc) is 2.71. The Balaban J connectivity index is 2.89. The molecule has 0 aliphatic heterocycles. The van der Waals surface area contributed by atoms with E-state index in [0.29, 0.717) is 11.1 Å². The molecule has 0 radical (unpaired) electrons. The topological polar surface area (TPSA) is 98.4 Å². The van der Waals surface area contributed by atoms with Crippen molar-refractivity contribution in [2.75, 3.05) is 19.0 Å². The first-order valence-corrected chi connectivity index (χ1v) is 7.99. The lowest BCUT2D eigenvalue weighted by molar-refractivity contribution is 1.13. The zero-order chi connectivity index (χ0) is 19.8. The number of hydrogen-bond donors (Lipinski definition) is 0. The molecule has 5 heteroatoms. The van der Waals surface area contributed by atoms with Crippen LogP contribution in [0.3, 0.4) is 0 Å². The molecule has 0 aliphatic carbocycles. The zero-order valence-electron chi connectivity index (χ0n) is 14.9. The molecule has 0 bridgehead atoms. The Kier molecular flexibility index (Phi) is 6.11. The third-order valence-corrected chi connectivity index (χ3v) is 3.93. The fraction of sp³-hybridized carbons (Fsp3) is 0.0909. The van der Waals surface area contributed by atoms with E-state index in [0.717, 1.165) is 5.69 Å². The maximum Gasteiger partial charge on any atom is 0.138 e. The van der Waals surface area contributed by atoms with E-state index in [2.05, 4.69) is 0 Å². The minimum atomic E-state index is -0.158. The number of rotatable bonds is 4. The molecular formula is C22H15N5. The van der Waals surface area contributed by atoms with Crippen molar-refractivity contribution in [1.29, 1.82) is 21.0 Å². The fourth-order valence-electron chi connectivity index (χ4n) is 2.63. The fourth-order valence-corrected chi connectivity index (χ4v) is 2.63. The van der Waals surface area contributed by atoms with Gasteiger partial charge < -0.3 is 4.90 Å². The summed E-state index contributed by atoms with van der Waals surface area (Å²) in [6.07, 6.45) is 0. The van der Waals surface area contributed by atoms with Gasteiger partial charge in [-0.1, -0.05) is 42.5 Å². The Morgan fingerprint density at radius 3 is 1.41 bits per heavy atom. The van der Waals surface area contributed by atoms with Gasteiger partial charge in [-0.15, -0.1) is 0 Å². The summed E-state index contributed by atoms with van der Waals surface area (Å²) in [5.74, 6) is 0. The van der Waals surface area contributed by atoms with Crippen molar-refractivity contribution in [1.82, 2.24) is 0 Å². The Labute approximate surface area is 158 Å². The predicted molar refractivity (Wildman–Crippen MR) is 104 cm³/mol. The summed E-state index contributed by atoms with van der Waals surface area (Å²) in [7, 11) is 3.81. The molecule has 128 valence electrons. The van der Waals surface area contributed by atoms with Crippen LogP contribution in [0, 0.1) is 45.3 Å². The molecule has 5 nitrogen and oxygen atoms in total. The Morgan fingerprint density at radius 1 is 0.630 bits per heavy atom. The van der Waals surface area contributed by atoms with E-state index >= 15 is 0 Å². The normalized spacial score (nSPS) is 8.96. The highest BCUT2D eigenvalue weighted by Crippen LogP contribution is 2.36. The molecule has 0 amide bonds. The molecule has 2 rings (SSSR count). The van der Waals surface area contributed by atoms with Crippen LogP contribution in [-0.4, -0.2) is 14.1 Å². The maximum atomic E-state index is 9.50. The van der Waals surface area contributed by atoms with Crippen molar-refractivity contribution in [3.05, 3.63) is 76.9 Å². The molecule has 2 aromatic rings. The van der Waals surface area contributed by atoms with Gasteiger partial charge in [0.15, 0.2) is 0 Å². The van der Waals surface area contributed by atoms with Gasteiger partial charge in [-0.05, 0) is 23.3 Å². The van der Waals surface area contributed by atoms with Crippen molar-refractivity contribution in [2.24, 2.45) is 0 Å². The smallest absolute Gasteiger partial charge is 0.138 e. The molecule has 0 unspecified atom stereocenters. The van der Waals surface area contributed by atoms with Gasteiger partial charge in [0.25, 0.3) is 0 Å². The highest BCUT2D eigenvalue weighted by molar-refractivity contribution is 6.11. The minimum Gasteiger partial charge on any atom is -0.378 e. The molecule has 0 aliphatic rings. The van der Waals surface area contributed by atoms with Crippen molar-refractivity contribution in [3.8, 4) is 24.3 Å². The number of hydrogen-bond acceptors (Lipinski definition) is 5. The molecule has 0 aromatic heterocycles. The summed E-state index contributed by atoms with van der Waals surface area (Å²) in [5, 5.41) is 37.9. The number of benzene rings is 2. The van der Waals surface area contributed by atoms with E-state index in [1.807, 2.05) is 61.5 Å². The first-order valence-electron chi connectivity index (χ1n) is 7.99. The maximum absolute atomic E-state index is 9.50. The largest absolute Gasteiger partial charge is 0.378 e. The summed E-state index contributed by atoms with van der Waals surface area (Å²) in [6, 6.07) is 23.7. The van der Waals surface area contributed by atoms with E-state index in [1.54, 1.807) is 36.4 Å². The van der Waals surface area contributed by atoms with Gasteiger partial charge in [-0.25, -0.2) is 0 Å². The van der Waals surface area contributed by atoms with Gasteiger partial charge in [0.05, 0.1) is 0 Å². The summed E-state index contributed by atoms with van der Waals surface area (Å²) in [6.45, 7) is 0. The van der Waals surface area contributed by atoms with Crippen molar-refractivity contribution >= 4 is 16.8 Å². The van der Waals surface area contributed by atoms with Crippen molar-refractivity contribution in [3.63, 3.8) is 0 Å². The molecule has 0 N–H and O–H groups in total. The number of anilines is 1. The van der Waals surface area contributed by atoms with Crippen LogP contribution >= 0.6 is 0 Å². The number of nitriles is 4. The van der Waals surface area contributed by atoms with Crippen molar-refractivity contribution < 1.29 is 0 Å². The van der Waals surface area contributed by atoms with Crippen LogP contribution in [0.15, 0.2) is 65.7 Å². The zero-order valence-corrected chi connectivity index (χ0v) is 14.9. The third kappa shape index (κ3) is 4.02. The van der Waals surface area contributed by atoms with Crippen LogP contribution in [0.1, 0.15) is 11.1 Å². The first kappa shape index (κ1) is 19.0. The lowest BCUT2D eigenvalue weighted by atomic mass is 9.86. The minimum absolute atomic E-state index is 0.157. The van der Waals surface area contributed by atoms with Crippen LogP contribution in [0.25, 0.3) is 11.1 Å². The lowest BCUT2D eigenvalue weighted by Gasteiger charge is -2.16. The highest BCUT2D eigenvalue weighted by atomic mass is 15.1. The van der Waals surface area contributed by atoms with E-state index in [1.165, 1.54) is 0 Å². The van der Waals surface area contributed by atoms with Crippen molar-refractivity contribution in [2.45, 2.75) is 0 Å². The monoisotopic (exact) mass is 349 g/mol. The van der Waals surface area contributed by atoms with Gasteiger partial charge in [0.2, 0.25) is 0 Å². The molecule has 2 aromatic carbocycles. The molecule has 0 saturated heterocycles. The van der Waals surface area contributed by atoms with E-state index < -0.39 is 0 Å². The lowest BCUT2D eigenvalue weighted by Crippen LogP contribution is -2.08. The average molecular weight is 349 g/mol. The Hall–Kier alpha value is -4.32. The molecule has 27 heavy (non-hydrogen) atoms. The predicted octanol–water partition coefficient (Wildman–Crippen LogP) is 4.05. The molecule has 0 atom stereocenters. The van der Waals surface area contributed by atoms with Gasteiger partial charge in [0, 0.05) is 30.9 Å². The summed E-state index contributed by atoms with van der Waals surface area (Å²) >= 11 is 0. The Morgan fingerprint density at radius 2 is 1.04 bits per heavy atom. The molecule has 0 fully saturated rings. The van der Waals surface area contributed by atoms with Gasteiger partial charge in [0.1, 0.15) is 35.4 Å². The van der Waals surface area contributed by atoms with E-state index in [4.69, 9.17) is 0 Å². The molecule has 0 spiro atoms. The second kappa shape index (κ2) is 8.68. The SMILES string of the molecule is CN(C)c1ccc(C(=C(C#N)C#N)C(=C(C#N)C#N)c2ccccc2)cc1. The van der Waals surface area contributed by atoms with E-state index in [-0.39, 0.29) is 22.3 Å². The third-order valence-electron chi connectivity index (χ3n) is 3.93. The van der Waals surface area contributed by atoms with Crippen LogP contribution in [-0.2, 0) is 0 Å². The number of nitrogens with zero attached hydrogens (tertiary/aromatic N) is 5. The highest BCUT2D eigenvalue weighted by Gasteiger charge is 2.20. The second-order valence-corrected chi connectivity index (χ2v) is 5.75. The molecular weight excluding hydrogens is 334 g/mol. The summed E-state index contributed by atoms with van der Waals surface area (Å²) < 4.78 is 0.